The largest absolute Gasteiger partial charge is 0.350 e. The number of rotatable bonds is 5. The Hall–Kier alpha value is -1.37. The Morgan fingerprint density at radius 1 is 1.46 bits per heavy atom. The summed E-state index contributed by atoms with van der Waals surface area (Å²) in [5, 5.41) is 7.55. The van der Waals surface area contributed by atoms with Crippen LogP contribution < -0.4 is 11.1 Å². The van der Waals surface area contributed by atoms with Crippen molar-refractivity contribution < 1.29 is 4.79 Å². The summed E-state index contributed by atoms with van der Waals surface area (Å²) in [5.74, 6) is 0.163. The Morgan fingerprint density at radius 3 is 2.96 bits per heavy atom. The van der Waals surface area contributed by atoms with E-state index < -0.39 is 0 Å². The molecule has 1 aromatic carbocycles. The first-order valence-electron chi connectivity index (χ1n) is 7.95. The molecule has 1 atom stereocenters. The predicted octanol–water partition coefficient (Wildman–Crippen LogP) is 2.87. The first-order chi connectivity index (χ1) is 11.1. The van der Waals surface area contributed by atoms with Gasteiger partial charge in [0.1, 0.15) is 0 Å². The molecule has 0 saturated heterocycles. The molecular formula is C17H22BrClN4O. The third-order valence-corrected chi connectivity index (χ3v) is 4.70. The Kier molecular flexibility index (Phi) is 6.43. The van der Waals surface area contributed by atoms with E-state index in [4.69, 9.17) is 5.73 Å². The molecule has 0 bridgehead atoms. The summed E-state index contributed by atoms with van der Waals surface area (Å²) < 4.78 is 2.91. The van der Waals surface area contributed by atoms with E-state index in [1.54, 1.807) is 0 Å². The van der Waals surface area contributed by atoms with E-state index in [1.807, 2.05) is 35.9 Å². The number of fused-ring (bicyclic) bond motifs is 1. The maximum Gasteiger partial charge on any atom is 0.272 e. The number of aromatic nitrogens is 2. The number of nitrogens with zero attached hydrogens (tertiary/aromatic N) is 2. The molecule has 0 aliphatic heterocycles. The molecule has 0 spiro atoms. The fourth-order valence-electron chi connectivity index (χ4n) is 2.88. The summed E-state index contributed by atoms with van der Waals surface area (Å²) in [4.78, 5) is 12.5. The normalized spacial score (nSPS) is 14.0. The van der Waals surface area contributed by atoms with Gasteiger partial charge < -0.3 is 11.1 Å². The minimum atomic E-state index is -0.0998. The average Bonchev–Trinajstić information content (AvgIpc) is 3.14. The van der Waals surface area contributed by atoms with Gasteiger partial charge in [0.2, 0.25) is 0 Å². The third-order valence-electron chi connectivity index (χ3n) is 4.21. The lowest BCUT2D eigenvalue weighted by Crippen LogP contribution is -2.32. The van der Waals surface area contributed by atoms with Crippen molar-refractivity contribution in [2.45, 2.75) is 26.2 Å². The van der Waals surface area contributed by atoms with Crippen molar-refractivity contribution in [2.24, 2.45) is 11.7 Å². The van der Waals surface area contributed by atoms with Gasteiger partial charge in [-0.05, 0) is 49.9 Å². The van der Waals surface area contributed by atoms with E-state index in [2.05, 4.69) is 26.3 Å². The van der Waals surface area contributed by atoms with Gasteiger partial charge in [-0.3, -0.25) is 4.79 Å². The molecule has 0 fully saturated rings. The van der Waals surface area contributed by atoms with Crippen LogP contribution in [0.3, 0.4) is 0 Å². The third kappa shape index (κ3) is 3.82. The molecule has 0 saturated carbocycles. The van der Waals surface area contributed by atoms with Gasteiger partial charge in [-0.1, -0.05) is 28.9 Å². The lowest BCUT2D eigenvalue weighted by Gasteiger charge is -2.09. The summed E-state index contributed by atoms with van der Waals surface area (Å²) in [5.41, 5.74) is 9.38. The van der Waals surface area contributed by atoms with Crippen LogP contribution in [-0.4, -0.2) is 28.8 Å². The van der Waals surface area contributed by atoms with Gasteiger partial charge >= 0.3 is 0 Å². The molecule has 2 aromatic rings. The van der Waals surface area contributed by atoms with Crippen molar-refractivity contribution in [1.82, 2.24) is 15.1 Å². The van der Waals surface area contributed by atoms with Crippen molar-refractivity contribution in [2.75, 3.05) is 13.1 Å². The molecule has 1 aliphatic rings. The first-order valence-corrected chi connectivity index (χ1v) is 8.74. The number of carbonyl (C=O) groups excluding carboxylic acids is 1. The zero-order valence-electron chi connectivity index (χ0n) is 13.6. The fraction of sp³-hybridized carbons (Fsp3) is 0.412. The minimum absolute atomic E-state index is 0. The smallest absolute Gasteiger partial charge is 0.272 e. The van der Waals surface area contributed by atoms with E-state index in [9.17, 15) is 4.79 Å². The predicted molar refractivity (Wildman–Crippen MR) is 101 cm³/mol. The van der Waals surface area contributed by atoms with Crippen LogP contribution in [0.25, 0.3) is 5.69 Å². The molecule has 3 N–H and O–H groups in total. The lowest BCUT2D eigenvalue weighted by atomic mass is 10.1. The summed E-state index contributed by atoms with van der Waals surface area (Å²) in [6.07, 6.45) is 2.94. The second kappa shape index (κ2) is 8.14. The Balaban J connectivity index is 0.00000208. The second-order valence-corrected chi connectivity index (χ2v) is 6.99. The van der Waals surface area contributed by atoms with Crippen LogP contribution in [0.4, 0.5) is 0 Å². The SMILES string of the molecule is CC(CN)CNC(=O)c1nn(-c2cccc(Br)c2)c2c1CCC2.Cl. The van der Waals surface area contributed by atoms with Crippen LogP contribution in [0.1, 0.15) is 35.1 Å². The van der Waals surface area contributed by atoms with Crippen LogP contribution in [0, 0.1) is 5.92 Å². The van der Waals surface area contributed by atoms with Gasteiger partial charge in [-0.2, -0.15) is 5.10 Å². The molecule has 1 amide bonds. The molecule has 1 unspecified atom stereocenters. The van der Waals surface area contributed by atoms with E-state index in [0.29, 0.717) is 18.8 Å². The number of nitrogens with two attached hydrogens (primary N) is 1. The van der Waals surface area contributed by atoms with Crippen molar-refractivity contribution in [3.8, 4) is 5.69 Å². The summed E-state index contributed by atoms with van der Waals surface area (Å²) >= 11 is 3.49. The van der Waals surface area contributed by atoms with E-state index in [1.165, 1.54) is 0 Å². The van der Waals surface area contributed by atoms with Crippen molar-refractivity contribution in [3.05, 3.63) is 45.7 Å². The van der Waals surface area contributed by atoms with Gasteiger partial charge in [-0.25, -0.2) is 4.68 Å². The van der Waals surface area contributed by atoms with Gasteiger partial charge in [-0.15, -0.1) is 12.4 Å². The highest BCUT2D eigenvalue weighted by atomic mass is 79.9. The molecular weight excluding hydrogens is 392 g/mol. The summed E-state index contributed by atoms with van der Waals surface area (Å²) in [6, 6.07) is 7.98. The Morgan fingerprint density at radius 2 is 2.25 bits per heavy atom. The highest BCUT2D eigenvalue weighted by Crippen LogP contribution is 2.28. The summed E-state index contributed by atoms with van der Waals surface area (Å²) in [7, 11) is 0. The number of hydrogen-bond donors (Lipinski definition) is 2. The van der Waals surface area contributed by atoms with Crippen LogP contribution in [0.5, 0.6) is 0 Å². The topological polar surface area (TPSA) is 72.9 Å². The van der Waals surface area contributed by atoms with Crippen LogP contribution in [0.15, 0.2) is 28.7 Å². The zero-order chi connectivity index (χ0) is 16.4. The minimum Gasteiger partial charge on any atom is -0.350 e. The molecule has 1 heterocycles. The monoisotopic (exact) mass is 412 g/mol. The number of amides is 1. The van der Waals surface area contributed by atoms with Gasteiger partial charge in [0, 0.05) is 22.3 Å². The lowest BCUT2D eigenvalue weighted by molar-refractivity contribution is 0.0942. The maximum absolute atomic E-state index is 12.5. The molecule has 7 heteroatoms. The highest BCUT2D eigenvalue weighted by Gasteiger charge is 2.26. The molecule has 3 rings (SSSR count). The van der Waals surface area contributed by atoms with Crippen molar-refractivity contribution in [1.29, 1.82) is 0 Å². The number of halogens is 2. The summed E-state index contributed by atoms with van der Waals surface area (Å²) in [6.45, 7) is 3.16. The molecule has 24 heavy (non-hydrogen) atoms. The van der Waals surface area contributed by atoms with E-state index >= 15 is 0 Å². The number of nitrogens with one attached hydrogen (secondary N) is 1. The van der Waals surface area contributed by atoms with Crippen LogP contribution >= 0.6 is 28.3 Å². The van der Waals surface area contributed by atoms with Crippen molar-refractivity contribution >= 4 is 34.2 Å². The second-order valence-electron chi connectivity index (χ2n) is 6.07. The first kappa shape index (κ1) is 19.0. The molecule has 130 valence electrons. The van der Waals surface area contributed by atoms with Gasteiger partial charge in [0.15, 0.2) is 5.69 Å². The van der Waals surface area contributed by atoms with Gasteiger partial charge in [0.05, 0.1) is 5.69 Å². The fourth-order valence-corrected chi connectivity index (χ4v) is 3.26. The van der Waals surface area contributed by atoms with E-state index in [0.717, 1.165) is 40.7 Å². The van der Waals surface area contributed by atoms with Gasteiger partial charge in [0.25, 0.3) is 5.91 Å². The zero-order valence-corrected chi connectivity index (χ0v) is 16.0. The quantitative estimate of drug-likeness (QED) is 0.791. The highest BCUT2D eigenvalue weighted by molar-refractivity contribution is 9.10. The Bertz CT molecular complexity index is 731. The number of hydrogen-bond acceptors (Lipinski definition) is 3. The van der Waals surface area contributed by atoms with Crippen LogP contribution in [-0.2, 0) is 12.8 Å². The standard InChI is InChI=1S/C17H21BrN4O.ClH/c1-11(9-19)10-20-17(23)16-14-6-3-7-15(14)22(21-16)13-5-2-4-12(18)8-13;/h2,4-5,8,11H,3,6-7,9-10,19H2,1H3,(H,20,23);1H. The molecule has 0 radical (unpaired) electrons. The molecule has 1 aromatic heterocycles. The average molecular weight is 414 g/mol. The number of carbonyl (C=O) groups is 1. The van der Waals surface area contributed by atoms with E-state index in [-0.39, 0.29) is 24.2 Å². The Labute approximate surface area is 156 Å². The number of benzene rings is 1. The van der Waals surface area contributed by atoms with Crippen molar-refractivity contribution in [3.63, 3.8) is 0 Å². The van der Waals surface area contributed by atoms with Crippen LogP contribution in [0.2, 0.25) is 0 Å². The molecule has 1 aliphatic carbocycles. The molecule has 5 nitrogen and oxygen atoms in total. The maximum atomic E-state index is 12.5.